The number of esters is 1. The highest BCUT2D eigenvalue weighted by Gasteiger charge is 2.42. The molecule has 194 valence electrons. The summed E-state index contributed by atoms with van der Waals surface area (Å²) in [6.07, 6.45) is 0.137. The van der Waals surface area contributed by atoms with Gasteiger partial charge < -0.3 is 24.4 Å². The molecule has 0 saturated heterocycles. The van der Waals surface area contributed by atoms with E-state index >= 15 is 0 Å². The SMILES string of the molecule is CCOC(=O)C1=C(c2ccccc2)N=C2SC=C(CC(=O)NC(C)C)N2C1c1cc(OC)cc(OC)c1. The van der Waals surface area contributed by atoms with E-state index in [1.165, 1.54) is 11.8 Å². The Balaban J connectivity index is 1.93. The Labute approximate surface area is 221 Å². The van der Waals surface area contributed by atoms with E-state index in [0.29, 0.717) is 27.9 Å². The number of rotatable bonds is 9. The third-order valence-corrected chi connectivity index (χ3v) is 6.72. The minimum Gasteiger partial charge on any atom is -0.497 e. The van der Waals surface area contributed by atoms with E-state index in [1.54, 1.807) is 27.2 Å². The fourth-order valence-electron chi connectivity index (χ4n) is 4.33. The number of benzene rings is 2. The number of carbonyl (C=O) groups excluding carboxylic acids is 2. The number of methoxy groups -OCH3 is 2. The minimum atomic E-state index is -0.626. The highest BCUT2D eigenvalue weighted by Crippen LogP contribution is 2.48. The Bertz CT molecular complexity index is 1250. The second kappa shape index (κ2) is 11.6. The fraction of sp³-hybridized carbons (Fsp3) is 0.321. The average Bonchev–Trinajstić information content (AvgIpc) is 3.29. The van der Waals surface area contributed by atoms with E-state index < -0.39 is 12.0 Å². The first-order chi connectivity index (χ1) is 17.9. The van der Waals surface area contributed by atoms with Gasteiger partial charge in [-0.05, 0) is 43.9 Å². The zero-order valence-corrected chi connectivity index (χ0v) is 22.4. The second-order valence-corrected chi connectivity index (χ2v) is 9.62. The monoisotopic (exact) mass is 521 g/mol. The van der Waals surface area contributed by atoms with Gasteiger partial charge in [-0.3, -0.25) is 4.79 Å². The molecule has 1 atom stereocenters. The van der Waals surface area contributed by atoms with Crippen molar-refractivity contribution in [2.75, 3.05) is 20.8 Å². The lowest BCUT2D eigenvalue weighted by Crippen LogP contribution is -2.38. The molecular weight excluding hydrogens is 490 g/mol. The lowest BCUT2D eigenvalue weighted by atomic mass is 9.91. The summed E-state index contributed by atoms with van der Waals surface area (Å²) in [6.45, 7) is 5.82. The van der Waals surface area contributed by atoms with Gasteiger partial charge in [0.1, 0.15) is 11.5 Å². The number of amidine groups is 1. The Morgan fingerprint density at radius 1 is 1.08 bits per heavy atom. The molecular formula is C28H31N3O5S. The van der Waals surface area contributed by atoms with E-state index in [2.05, 4.69) is 5.32 Å². The average molecular weight is 522 g/mol. The molecule has 0 saturated carbocycles. The van der Waals surface area contributed by atoms with Gasteiger partial charge in [0.15, 0.2) is 5.17 Å². The Kier molecular flexibility index (Phi) is 8.23. The molecule has 2 aliphatic rings. The van der Waals surface area contributed by atoms with Crippen LogP contribution < -0.4 is 14.8 Å². The van der Waals surface area contributed by atoms with Crippen molar-refractivity contribution in [3.05, 3.63) is 76.3 Å². The van der Waals surface area contributed by atoms with Crippen molar-refractivity contribution in [3.8, 4) is 11.5 Å². The molecule has 1 unspecified atom stereocenters. The maximum Gasteiger partial charge on any atom is 0.338 e. The summed E-state index contributed by atoms with van der Waals surface area (Å²) < 4.78 is 16.6. The van der Waals surface area contributed by atoms with Gasteiger partial charge in [-0.2, -0.15) is 0 Å². The predicted octanol–water partition coefficient (Wildman–Crippen LogP) is 4.89. The topological polar surface area (TPSA) is 89.5 Å². The molecule has 2 heterocycles. The quantitative estimate of drug-likeness (QED) is 0.470. The molecule has 0 spiro atoms. The molecule has 0 fully saturated rings. The summed E-state index contributed by atoms with van der Waals surface area (Å²) in [5.74, 6) is 0.579. The van der Waals surface area contributed by atoms with Crippen LogP contribution in [0.3, 0.4) is 0 Å². The van der Waals surface area contributed by atoms with Crippen LogP contribution in [0.15, 0.2) is 70.2 Å². The molecule has 1 N–H and O–H groups in total. The number of aliphatic imine (C=N–C) groups is 1. The molecule has 2 aromatic carbocycles. The van der Waals surface area contributed by atoms with Gasteiger partial charge in [-0.1, -0.05) is 42.1 Å². The fourth-order valence-corrected chi connectivity index (χ4v) is 5.25. The Hall–Kier alpha value is -3.72. The van der Waals surface area contributed by atoms with Crippen molar-refractivity contribution in [2.45, 2.75) is 39.3 Å². The lowest BCUT2D eigenvalue weighted by molar-refractivity contribution is -0.139. The third-order valence-electron chi connectivity index (χ3n) is 5.83. The Morgan fingerprint density at radius 3 is 2.35 bits per heavy atom. The number of carbonyl (C=O) groups is 2. The number of thioether (sulfide) groups is 1. The van der Waals surface area contributed by atoms with Gasteiger partial charge >= 0.3 is 5.97 Å². The summed E-state index contributed by atoms with van der Waals surface area (Å²) in [5.41, 5.74) is 3.19. The zero-order chi connectivity index (χ0) is 26.5. The van der Waals surface area contributed by atoms with Gasteiger partial charge in [-0.25, -0.2) is 9.79 Å². The summed E-state index contributed by atoms with van der Waals surface area (Å²) in [7, 11) is 3.16. The standard InChI is InChI=1S/C28H31N3O5S/c1-6-36-27(33)24-25(18-10-8-7-9-11-18)30-28-31(20(16-37-28)14-23(32)29-17(2)3)26(24)19-12-21(34-4)15-22(13-19)35-5/h7-13,15-17,26H,6,14H2,1-5H3,(H,29,32). The lowest BCUT2D eigenvalue weighted by Gasteiger charge is -2.37. The number of ether oxygens (including phenoxy) is 3. The summed E-state index contributed by atoms with van der Waals surface area (Å²) >= 11 is 1.42. The molecule has 2 aromatic rings. The predicted molar refractivity (Wildman–Crippen MR) is 145 cm³/mol. The maximum atomic E-state index is 13.6. The van der Waals surface area contributed by atoms with Crippen molar-refractivity contribution in [1.29, 1.82) is 0 Å². The number of hydrogen-bond acceptors (Lipinski definition) is 8. The molecule has 8 nitrogen and oxygen atoms in total. The van der Waals surface area contributed by atoms with Crippen LogP contribution in [0.1, 0.15) is 44.4 Å². The third kappa shape index (κ3) is 5.67. The van der Waals surface area contributed by atoms with Crippen molar-refractivity contribution < 1.29 is 23.8 Å². The van der Waals surface area contributed by atoms with E-state index in [1.807, 2.05) is 66.6 Å². The first kappa shape index (κ1) is 26.3. The summed E-state index contributed by atoms with van der Waals surface area (Å²) in [6, 6.07) is 14.5. The van der Waals surface area contributed by atoms with Crippen LogP contribution in [0.4, 0.5) is 0 Å². The number of amides is 1. The molecule has 0 radical (unpaired) electrons. The number of hydrogen-bond donors (Lipinski definition) is 1. The van der Waals surface area contributed by atoms with Crippen LogP contribution in [0.25, 0.3) is 5.70 Å². The van der Waals surface area contributed by atoms with E-state index in [0.717, 1.165) is 16.8 Å². The number of fused-ring (bicyclic) bond motifs is 1. The molecule has 0 aliphatic carbocycles. The van der Waals surface area contributed by atoms with E-state index in [4.69, 9.17) is 19.2 Å². The van der Waals surface area contributed by atoms with Gasteiger partial charge in [0.2, 0.25) is 5.91 Å². The van der Waals surface area contributed by atoms with Crippen molar-refractivity contribution >= 4 is 34.5 Å². The number of nitrogens with one attached hydrogen (secondary N) is 1. The van der Waals surface area contributed by atoms with Gasteiger partial charge in [-0.15, -0.1) is 0 Å². The zero-order valence-electron chi connectivity index (χ0n) is 21.6. The molecule has 2 aliphatic heterocycles. The van der Waals surface area contributed by atoms with Crippen LogP contribution in [0, 0.1) is 0 Å². The van der Waals surface area contributed by atoms with Gasteiger partial charge in [0, 0.05) is 23.4 Å². The first-order valence-corrected chi connectivity index (χ1v) is 13.0. The summed E-state index contributed by atoms with van der Waals surface area (Å²) in [5, 5.41) is 5.53. The van der Waals surface area contributed by atoms with Gasteiger partial charge in [0.25, 0.3) is 0 Å². The molecule has 0 bridgehead atoms. The van der Waals surface area contributed by atoms with Crippen LogP contribution in [-0.4, -0.2) is 48.8 Å². The van der Waals surface area contributed by atoms with Crippen LogP contribution >= 0.6 is 11.8 Å². The van der Waals surface area contributed by atoms with Crippen LogP contribution in [0.2, 0.25) is 0 Å². The van der Waals surface area contributed by atoms with Crippen LogP contribution in [0.5, 0.6) is 11.5 Å². The maximum absolute atomic E-state index is 13.6. The van der Waals surface area contributed by atoms with Crippen molar-refractivity contribution in [3.63, 3.8) is 0 Å². The van der Waals surface area contributed by atoms with Gasteiger partial charge in [0.05, 0.1) is 44.6 Å². The highest BCUT2D eigenvalue weighted by molar-refractivity contribution is 8.16. The molecule has 4 rings (SSSR count). The minimum absolute atomic E-state index is 0.00904. The van der Waals surface area contributed by atoms with Crippen molar-refractivity contribution in [1.82, 2.24) is 10.2 Å². The largest absolute Gasteiger partial charge is 0.497 e. The second-order valence-electron chi connectivity index (χ2n) is 8.79. The Morgan fingerprint density at radius 2 is 1.76 bits per heavy atom. The smallest absolute Gasteiger partial charge is 0.338 e. The van der Waals surface area contributed by atoms with Crippen LogP contribution in [-0.2, 0) is 14.3 Å². The van der Waals surface area contributed by atoms with E-state index in [9.17, 15) is 9.59 Å². The molecule has 0 aromatic heterocycles. The van der Waals surface area contributed by atoms with Crippen molar-refractivity contribution in [2.24, 2.45) is 4.99 Å². The molecule has 1 amide bonds. The molecule has 9 heteroatoms. The first-order valence-electron chi connectivity index (χ1n) is 12.1. The highest BCUT2D eigenvalue weighted by atomic mass is 32.2. The summed E-state index contributed by atoms with van der Waals surface area (Å²) in [4.78, 5) is 33.2. The molecule has 37 heavy (non-hydrogen) atoms. The van der Waals surface area contributed by atoms with E-state index in [-0.39, 0.29) is 25.0 Å². The number of nitrogens with zero attached hydrogens (tertiary/aromatic N) is 2. The normalized spacial score (nSPS) is 16.7.